The highest BCUT2D eigenvalue weighted by atomic mass is 32.3. The largest absolute Gasteiger partial charge is 0.332 e. The van der Waals surface area contributed by atoms with Crippen molar-refractivity contribution >= 4 is 10.2 Å². The molecular formula is C15H19FN4O2S. The fraction of sp³-hybridized carbons (Fsp3) is 0.467. The summed E-state index contributed by atoms with van der Waals surface area (Å²) in [5.74, 6) is 0.469. The van der Waals surface area contributed by atoms with Gasteiger partial charge in [-0.05, 0) is 44.9 Å². The van der Waals surface area contributed by atoms with Gasteiger partial charge in [-0.2, -0.15) is 8.42 Å². The Labute approximate surface area is 134 Å². The first-order valence-corrected chi connectivity index (χ1v) is 8.84. The third kappa shape index (κ3) is 3.42. The molecule has 3 rings (SSSR count). The summed E-state index contributed by atoms with van der Waals surface area (Å²) in [5.41, 5.74) is 1.41. The number of nitrogens with zero attached hydrogens (tertiary/aromatic N) is 3. The highest BCUT2D eigenvalue weighted by Gasteiger charge is 2.34. The monoisotopic (exact) mass is 338 g/mol. The van der Waals surface area contributed by atoms with Crippen molar-refractivity contribution in [2.24, 2.45) is 5.92 Å². The van der Waals surface area contributed by atoms with E-state index >= 15 is 0 Å². The second-order valence-electron chi connectivity index (χ2n) is 6.42. The quantitative estimate of drug-likeness (QED) is 0.863. The molecule has 1 aliphatic heterocycles. The van der Waals surface area contributed by atoms with Gasteiger partial charge in [0.15, 0.2) is 0 Å². The minimum atomic E-state index is -4.67. The molecule has 1 N–H and O–H groups in total. The first-order valence-electron chi connectivity index (χ1n) is 7.46. The molecule has 0 spiro atoms. The Morgan fingerprint density at radius 1 is 1.35 bits per heavy atom. The number of hydrogen-bond acceptors (Lipinski definition) is 5. The van der Waals surface area contributed by atoms with Crippen LogP contribution in [-0.4, -0.2) is 35.5 Å². The third-order valence-electron chi connectivity index (χ3n) is 4.47. The maximum absolute atomic E-state index is 12.9. The van der Waals surface area contributed by atoms with E-state index in [0.717, 1.165) is 19.5 Å². The van der Waals surface area contributed by atoms with E-state index in [-0.39, 0.29) is 10.4 Å². The number of nitrogens with one attached hydrogen (secondary N) is 1. The summed E-state index contributed by atoms with van der Waals surface area (Å²) >= 11 is 0. The Morgan fingerprint density at radius 3 is 2.61 bits per heavy atom. The summed E-state index contributed by atoms with van der Waals surface area (Å²) < 4.78 is 36.4. The lowest BCUT2D eigenvalue weighted by Gasteiger charge is -2.26. The van der Waals surface area contributed by atoms with Crippen molar-refractivity contribution < 1.29 is 12.3 Å². The second kappa shape index (κ2) is 5.68. The van der Waals surface area contributed by atoms with Gasteiger partial charge in [-0.25, -0.2) is 0 Å². The fourth-order valence-corrected chi connectivity index (χ4v) is 3.39. The van der Waals surface area contributed by atoms with Crippen LogP contribution in [0.25, 0.3) is 11.3 Å². The molecule has 0 bridgehead atoms. The van der Waals surface area contributed by atoms with Gasteiger partial charge in [-0.3, -0.25) is 4.68 Å². The van der Waals surface area contributed by atoms with Crippen LogP contribution in [0.5, 0.6) is 0 Å². The van der Waals surface area contributed by atoms with Crippen LogP contribution in [0.15, 0.2) is 35.4 Å². The fourth-order valence-electron chi connectivity index (χ4n) is 2.93. The molecule has 0 amide bonds. The Morgan fingerprint density at radius 2 is 2.04 bits per heavy atom. The smallest absolute Gasteiger partial charge is 0.311 e. The number of benzene rings is 1. The van der Waals surface area contributed by atoms with E-state index < -0.39 is 10.2 Å². The molecule has 6 nitrogen and oxygen atoms in total. The van der Waals surface area contributed by atoms with Crippen LogP contribution in [-0.2, 0) is 16.8 Å². The standard InChI is InChI=1S/C15H19FN4O2S/c1-15(2)12(7-8-17-15)9-20-10-14(18-19-20)11-3-5-13(6-4-11)23(16,21)22/h3-6,10,12,17H,7-9H2,1-2H3. The van der Waals surface area contributed by atoms with Crippen molar-refractivity contribution in [2.75, 3.05) is 6.54 Å². The van der Waals surface area contributed by atoms with Crippen LogP contribution < -0.4 is 5.32 Å². The van der Waals surface area contributed by atoms with Crippen molar-refractivity contribution in [3.05, 3.63) is 30.5 Å². The SMILES string of the molecule is CC1(C)NCCC1Cn1cc(-c2ccc(S(=O)(=O)F)cc2)nn1. The molecule has 1 aromatic carbocycles. The molecule has 0 aliphatic carbocycles. The Bertz CT molecular complexity index is 799. The Kier molecular flexibility index (Phi) is 3.97. The molecule has 1 unspecified atom stereocenters. The topological polar surface area (TPSA) is 76.9 Å². The minimum Gasteiger partial charge on any atom is -0.311 e. The molecule has 2 aromatic rings. The van der Waals surface area contributed by atoms with Crippen LogP contribution >= 0.6 is 0 Å². The van der Waals surface area contributed by atoms with Gasteiger partial charge in [0.05, 0.1) is 11.1 Å². The number of hydrogen-bond donors (Lipinski definition) is 1. The highest BCUT2D eigenvalue weighted by molar-refractivity contribution is 7.86. The normalized spacial score (nSPS) is 20.7. The molecule has 8 heteroatoms. The van der Waals surface area contributed by atoms with Gasteiger partial charge < -0.3 is 5.32 Å². The summed E-state index contributed by atoms with van der Waals surface area (Å²) in [7, 11) is -4.67. The van der Waals surface area contributed by atoms with Crippen LogP contribution in [0.2, 0.25) is 0 Å². The van der Waals surface area contributed by atoms with Crippen molar-refractivity contribution in [3.8, 4) is 11.3 Å². The van der Waals surface area contributed by atoms with E-state index in [9.17, 15) is 12.3 Å². The molecule has 1 fully saturated rings. The van der Waals surface area contributed by atoms with Gasteiger partial charge in [-0.1, -0.05) is 17.3 Å². The van der Waals surface area contributed by atoms with E-state index in [2.05, 4.69) is 29.5 Å². The van der Waals surface area contributed by atoms with Crippen LogP contribution in [0.1, 0.15) is 20.3 Å². The van der Waals surface area contributed by atoms with Crippen LogP contribution in [0.3, 0.4) is 0 Å². The van der Waals surface area contributed by atoms with Gasteiger partial charge in [-0.15, -0.1) is 8.98 Å². The zero-order valence-corrected chi connectivity index (χ0v) is 13.8. The zero-order valence-electron chi connectivity index (χ0n) is 13.0. The van der Waals surface area contributed by atoms with Crippen molar-refractivity contribution in [1.29, 1.82) is 0 Å². The molecule has 2 heterocycles. The van der Waals surface area contributed by atoms with E-state index in [4.69, 9.17) is 0 Å². The second-order valence-corrected chi connectivity index (χ2v) is 7.77. The first kappa shape index (κ1) is 16.1. The number of rotatable bonds is 4. The number of halogens is 1. The lowest BCUT2D eigenvalue weighted by Crippen LogP contribution is -2.39. The molecular weight excluding hydrogens is 319 g/mol. The summed E-state index contributed by atoms with van der Waals surface area (Å²) in [6.07, 6.45) is 2.92. The first-order chi connectivity index (χ1) is 10.8. The van der Waals surface area contributed by atoms with Crippen LogP contribution in [0.4, 0.5) is 3.89 Å². The lowest BCUT2D eigenvalue weighted by atomic mass is 9.89. The maximum Gasteiger partial charge on any atom is 0.332 e. The minimum absolute atomic E-state index is 0.0727. The summed E-state index contributed by atoms with van der Waals surface area (Å²) in [6, 6.07) is 5.52. The van der Waals surface area contributed by atoms with Gasteiger partial charge >= 0.3 is 10.2 Å². The van der Waals surface area contributed by atoms with Crippen molar-refractivity contribution in [1.82, 2.24) is 20.3 Å². The average Bonchev–Trinajstić information content (AvgIpc) is 3.06. The Balaban J connectivity index is 1.77. The highest BCUT2D eigenvalue weighted by Crippen LogP contribution is 2.27. The average molecular weight is 338 g/mol. The van der Waals surface area contributed by atoms with E-state index in [1.54, 1.807) is 4.68 Å². The third-order valence-corrected chi connectivity index (χ3v) is 5.31. The van der Waals surface area contributed by atoms with Crippen molar-refractivity contribution in [3.63, 3.8) is 0 Å². The van der Waals surface area contributed by atoms with Gasteiger partial charge in [0.2, 0.25) is 0 Å². The van der Waals surface area contributed by atoms with E-state index in [1.807, 2.05) is 6.20 Å². The summed E-state index contributed by atoms with van der Waals surface area (Å²) in [5, 5.41) is 11.7. The van der Waals surface area contributed by atoms with Gasteiger partial charge in [0.25, 0.3) is 0 Å². The van der Waals surface area contributed by atoms with E-state index in [0.29, 0.717) is 17.2 Å². The molecule has 1 aromatic heterocycles. The predicted molar refractivity (Wildman–Crippen MR) is 83.9 cm³/mol. The van der Waals surface area contributed by atoms with Gasteiger partial charge in [0.1, 0.15) is 5.69 Å². The lowest BCUT2D eigenvalue weighted by molar-refractivity contribution is 0.287. The molecule has 0 saturated carbocycles. The molecule has 124 valence electrons. The molecule has 1 atom stereocenters. The van der Waals surface area contributed by atoms with Crippen LogP contribution in [0, 0.1) is 5.92 Å². The Hall–Kier alpha value is -1.80. The molecule has 1 saturated heterocycles. The van der Waals surface area contributed by atoms with Gasteiger partial charge in [0, 0.05) is 17.6 Å². The summed E-state index contributed by atoms with van der Waals surface area (Å²) in [6.45, 7) is 6.12. The number of aromatic nitrogens is 3. The van der Waals surface area contributed by atoms with Crippen molar-refractivity contribution in [2.45, 2.75) is 37.2 Å². The molecule has 1 aliphatic rings. The maximum atomic E-state index is 12.9. The zero-order chi connectivity index (χ0) is 16.7. The van der Waals surface area contributed by atoms with E-state index in [1.165, 1.54) is 24.3 Å². The summed E-state index contributed by atoms with van der Waals surface area (Å²) in [4.78, 5) is -0.354. The molecule has 23 heavy (non-hydrogen) atoms. The molecule has 0 radical (unpaired) electrons. The predicted octanol–water partition coefficient (Wildman–Crippen LogP) is 1.99.